The van der Waals surface area contributed by atoms with Crippen molar-refractivity contribution < 1.29 is 29.3 Å². The van der Waals surface area contributed by atoms with Crippen molar-refractivity contribution in [3.05, 3.63) is 64.7 Å². The molecular formula is C28H29N3O6S. The van der Waals surface area contributed by atoms with E-state index >= 15 is 0 Å². The highest BCUT2D eigenvalue weighted by atomic mass is 32.1. The predicted molar refractivity (Wildman–Crippen MR) is 146 cm³/mol. The Kier molecular flexibility index (Phi) is 8.11. The lowest BCUT2D eigenvalue weighted by atomic mass is 9.75. The van der Waals surface area contributed by atoms with Gasteiger partial charge in [0.05, 0.1) is 24.5 Å². The van der Waals surface area contributed by atoms with E-state index in [1.54, 1.807) is 33.8 Å². The zero-order chi connectivity index (χ0) is 27.4. The van der Waals surface area contributed by atoms with Gasteiger partial charge in [0, 0.05) is 34.0 Å². The molecule has 0 spiro atoms. The third kappa shape index (κ3) is 5.40. The van der Waals surface area contributed by atoms with Crippen LogP contribution in [-0.4, -0.2) is 46.1 Å². The minimum atomic E-state index is -0.812. The average molecular weight is 536 g/mol. The number of hydrogen-bond acceptors (Lipinski definition) is 10. The highest BCUT2D eigenvalue weighted by Crippen LogP contribution is 2.43. The van der Waals surface area contributed by atoms with Gasteiger partial charge in [-0.15, -0.1) is 11.3 Å². The highest BCUT2D eigenvalue weighted by molar-refractivity contribution is 7.14. The molecule has 1 aliphatic heterocycles. The van der Waals surface area contributed by atoms with Crippen LogP contribution in [0.3, 0.4) is 0 Å². The van der Waals surface area contributed by atoms with E-state index in [1.807, 2.05) is 29.6 Å². The molecule has 10 heteroatoms. The quantitative estimate of drug-likeness (QED) is 0.253. The Balaban J connectivity index is 1.76. The first-order valence-electron chi connectivity index (χ1n) is 12.2. The minimum Gasteiger partial charge on any atom is -0.504 e. The average Bonchev–Trinajstić information content (AvgIpc) is 3.34. The summed E-state index contributed by atoms with van der Waals surface area (Å²) in [7, 11) is 0. The predicted octanol–water partition coefficient (Wildman–Crippen LogP) is 5.54. The number of allylic oxidation sites excluding steroid dienone is 1. The normalized spacial score (nSPS) is 17.1. The zero-order valence-electron chi connectivity index (χ0n) is 21.5. The van der Waals surface area contributed by atoms with Crippen LogP contribution in [-0.2, 0) is 19.1 Å². The Morgan fingerprint density at radius 2 is 1.76 bits per heavy atom. The van der Waals surface area contributed by atoms with Crippen LogP contribution in [0, 0.1) is 5.92 Å². The lowest BCUT2D eigenvalue weighted by Gasteiger charge is -2.32. The van der Waals surface area contributed by atoms with Crippen LogP contribution in [0.5, 0.6) is 11.5 Å². The third-order valence-electron chi connectivity index (χ3n) is 6.18. The van der Waals surface area contributed by atoms with Crippen LogP contribution in [0.4, 0.5) is 10.8 Å². The molecule has 2 heterocycles. The molecule has 3 aromatic rings. The van der Waals surface area contributed by atoms with Crippen molar-refractivity contribution in [2.75, 3.05) is 18.5 Å². The van der Waals surface area contributed by atoms with Crippen molar-refractivity contribution in [3.8, 4) is 22.8 Å². The van der Waals surface area contributed by atoms with Gasteiger partial charge >= 0.3 is 11.9 Å². The summed E-state index contributed by atoms with van der Waals surface area (Å²) in [6, 6.07) is 11.9. The summed E-state index contributed by atoms with van der Waals surface area (Å²) in [6.07, 6.45) is 0. The first-order valence-corrected chi connectivity index (χ1v) is 13.1. The Labute approximate surface area is 224 Å². The number of para-hydroxylation sites is 1. The van der Waals surface area contributed by atoms with Crippen LogP contribution in [0.25, 0.3) is 11.3 Å². The Bertz CT molecular complexity index is 1430. The fourth-order valence-corrected chi connectivity index (χ4v) is 5.26. The van der Waals surface area contributed by atoms with Gasteiger partial charge < -0.3 is 25.0 Å². The number of thiazole rings is 1. The number of phenols is 2. The van der Waals surface area contributed by atoms with Crippen molar-refractivity contribution in [2.45, 2.75) is 33.6 Å². The molecule has 0 aliphatic carbocycles. The molecule has 0 saturated heterocycles. The molecular weight excluding hydrogens is 506 g/mol. The van der Waals surface area contributed by atoms with Crippen molar-refractivity contribution in [2.24, 2.45) is 10.9 Å². The second kappa shape index (κ2) is 11.5. The van der Waals surface area contributed by atoms with E-state index in [4.69, 9.17) is 9.47 Å². The maximum absolute atomic E-state index is 13.2. The number of aromatic hydroxyl groups is 2. The van der Waals surface area contributed by atoms with Gasteiger partial charge in [-0.1, -0.05) is 18.2 Å². The first kappa shape index (κ1) is 26.9. The van der Waals surface area contributed by atoms with Crippen LogP contribution in [0.15, 0.2) is 64.1 Å². The fourth-order valence-electron chi connectivity index (χ4n) is 4.53. The van der Waals surface area contributed by atoms with Crippen molar-refractivity contribution in [1.82, 2.24) is 4.98 Å². The van der Waals surface area contributed by atoms with E-state index in [-0.39, 0.29) is 24.7 Å². The van der Waals surface area contributed by atoms with E-state index in [9.17, 15) is 19.8 Å². The second-order valence-electron chi connectivity index (χ2n) is 8.63. The number of ether oxygens (including phenoxy) is 2. The maximum Gasteiger partial charge on any atom is 0.336 e. The smallest absolute Gasteiger partial charge is 0.336 e. The Morgan fingerprint density at radius 3 is 2.47 bits per heavy atom. The number of nitrogens with zero attached hydrogens (tertiary/aromatic N) is 2. The van der Waals surface area contributed by atoms with Crippen LogP contribution < -0.4 is 5.32 Å². The van der Waals surface area contributed by atoms with Gasteiger partial charge in [0.15, 0.2) is 16.6 Å². The third-order valence-corrected chi connectivity index (χ3v) is 6.93. The van der Waals surface area contributed by atoms with Gasteiger partial charge in [0.2, 0.25) is 0 Å². The van der Waals surface area contributed by atoms with Crippen LogP contribution in [0.2, 0.25) is 0 Å². The molecule has 0 saturated carbocycles. The summed E-state index contributed by atoms with van der Waals surface area (Å²) < 4.78 is 10.8. The largest absolute Gasteiger partial charge is 0.504 e. The van der Waals surface area contributed by atoms with Gasteiger partial charge in [-0.05, 0) is 57.5 Å². The number of carbonyl (C=O) groups excluding carboxylic acids is 2. The minimum absolute atomic E-state index is 0.184. The lowest BCUT2D eigenvalue weighted by molar-refractivity contribution is -0.146. The van der Waals surface area contributed by atoms with Gasteiger partial charge in [-0.3, -0.25) is 9.79 Å². The second-order valence-corrected chi connectivity index (χ2v) is 9.49. The molecule has 3 N–H and O–H groups in total. The summed E-state index contributed by atoms with van der Waals surface area (Å²) in [6.45, 7) is 7.34. The van der Waals surface area contributed by atoms with E-state index < -0.39 is 23.8 Å². The molecule has 1 aromatic heterocycles. The first-order chi connectivity index (χ1) is 18.2. The summed E-state index contributed by atoms with van der Waals surface area (Å²) in [5.41, 5.74) is 3.96. The summed E-state index contributed by atoms with van der Waals surface area (Å²) in [5, 5.41) is 25.2. The van der Waals surface area contributed by atoms with E-state index in [0.29, 0.717) is 44.6 Å². The molecule has 0 bridgehead atoms. The highest BCUT2D eigenvalue weighted by Gasteiger charge is 2.43. The van der Waals surface area contributed by atoms with Gasteiger partial charge in [-0.25, -0.2) is 9.78 Å². The molecule has 198 valence electrons. The van der Waals surface area contributed by atoms with E-state index in [0.717, 1.165) is 0 Å². The molecule has 1 aliphatic rings. The number of anilines is 2. The number of rotatable bonds is 8. The zero-order valence-corrected chi connectivity index (χ0v) is 22.3. The van der Waals surface area contributed by atoms with Gasteiger partial charge in [-0.2, -0.15) is 0 Å². The van der Waals surface area contributed by atoms with E-state index in [1.165, 1.54) is 23.5 Å². The lowest BCUT2D eigenvalue weighted by Crippen LogP contribution is -2.36. The monoisotopic (exact) mass is 535 g/mol. The molecule has 2 unspecified atom stereocenters. The number of esters is 2. The standard InChI is InChI=1S/C28H29N3O6S/c1-5-36-26(34)23-15(3)29-16(4)24(27(35)37-6-2)25(23)18-9-7-8-10-19(18)30-28-31-20(14-38-28)17-11-12-21(32)22(33)13-17/h7-14,23,25,32-33H,5-6H2,1-4H3,(H,30,31). The van der Waals surface area contributed by atoms with Gasteiger partial charge in [0.25, 0.3) is 0 Å². The molecule has 38 heavy (non-hydrogen) atoms. The Hall–Kier alpha value is -4.18. The SMILES string of the molecule is CCOC(=O)C1=C(C)N=C(C)C(C(=O)OCC)C1c1ccccc1Nc1nc(-c2ccc(O)c(O)c2)cs1. The van der Waals surface area contributed by atoms with Gasteiger partial charge in [0.1, 0.15) is 5.92 Å². The molecule has 9 nitrogen and oxygen atoms in total. The Morgan fingerprint density at radius 1 is 1.03 bits per heavy atom. The fraction of sp³-hybridized carbons (Fsp3) is 0.286. The number of carbonyl (C=O) groups is 2. The molecule has 2 atom stereocenters. The molecule has 0 fully saturated rings. The number of phenolic OH excluding ortho intramolecular Hbond substituents is 2. The topological polar surface area (TPSA) is 130 Å². The number of hydrogen-bond donors (Lipinski definition) is 3. The van der Waals surface area contributed by atoms with Crippen molar-refractivity contribution in [1.29, 1.82) is 0 Å². The summed E-state index contributed by atoms with van der Waals surface area (Å²) >= 11 is 1.35. The van der Waals surface area contributed by atoms with Crippen molar-refractivity contribution >= 4 is 39.8 Å². The summed E-state index contributed by atoms with van der Waals surface area (Å²) in [5.74, 6) is -2.94. The molecule has 0 radical (unpaired) electrons. The van der Waals surface area contributed by atoms with E-state index in [2.05, 4.69) is 15.3 Å². The maximum atomic E-state index is 13.2. The molecule has 4 rings (SSSR count). The molecule has 2 aromatic carbocycles. The van der Waals surface area contributed by atoms with Crippen LogP contribution >= 0.6 is 11.3 Å². The van der Waals surface area contributed by atoms with Crippen molar-refractivity contribution in [3.63, 3.8) is 0 Å². The number of benzene rings is 2. The molecule has 0 amide bonds. The number of aromatic nitrogens is 1. The van der Waals surface area contributed by atoms with Crippen LogP contribution in [0.1, 0.15) is 39.2 Å². The number of aliphatic imine (C=N–C) groups is 1. The number of nitrogens with one attached hydrogen (secondary N) is 1. The summed E-state index contributed by atoms with van der Waals surface area (Å²) in [4.78, 5) is 35.4.